The van der Waals surface area contributed by atoms with Crippen LogP contribution in [0.15, 0.2) is 18.2 Å². The Morgan fingerprint density at radius 3 is 2.62 bits per heavy atom. The normalized spacial score (nSPS) is 13.8. The van der Waals surface area contributed by atoms with E-state index >= 15 is 0 Å². The molecule has 2 rings (SSSR count). The lowest BCUT2D eigenvalue weighted by Crippen LogP contribution is -2.40. The Morgan fingerprint density at radius 1 is 1.33 bits per heavy atom. The van der Waals surface area contributed by atoms with Gasteiger partial charge in [0.1, 0.15) is 12.4 Å². The molecule has 1 aliphatic rings. The van der Waals surface area contributed by atoms with Gasteiger partial charge in [0.05, 0.1) is 0 Å². The minimum atomic E-state index is -1.11. The second-order valence-electron chi connectivity index (χ2n) is 4.97. The van der Waals surface area contributed by atoms with Gasteiger partial charge in [-0.05, 0) is 30.9 Å². The molecule has 0 atom stereocenters. The van der Waals surface area contributed by atoms with Crippen LogP contribution in [0, 0.1) is 17.6 Å². The van der Waals surface area contributed by atoms with Gasteiger partial charge < -0.3 is 14.7 Å². The third-order valence-electron chi connectivity index (χ3n) is 3.10. The highest BCUT2D eigenvalue weighted by atomic mass is 19.1. The molecule has 114 valence electrons. The molecule has 0 radical (unpaired) electrons. The molecule has 1 N–H and O–H groups in total. The number of carboxylic acid groups (broad SMARTS) is 1. The van der Waals surface area contributed by atoms with Crippen molar-refractivity contribution in [1.29, 1.82) is 0 Å². The zero-order valence-electron chi connectivity index (χ0n) is 11.2. The van der Waals surface area contributed by atoms with Gasteiger partial charge in [0.25, 0.3) is 5.91 Å². The summed E-state index contributed by atoms with van der Waals surface area (Å²) in [6.45, 7) is -0.534. The summed E-state index contributed by atoms with van der Waals surface area (Å²) in [5, 5.41) is 8.79. The van der Waals surface area contributed by atoms with Crippen LogP contribution in [0.2, 0.25) is 0 Å². The third-order valence-corrected chi connectivity index (χ3v) is 3.10. The van der Waals surface area contributed by atoms with Crippen molar-refractivity contribution in [2.75, 3.05) is 19.7 Å². The summed E-state index contributed by atoms with van der Waals surface area (Å²) in [5.41, 5.74) is 0. The lowest BCUT2D eigenvalue weighted by molar-refractivity contribution is -0.145. The molecule has 21 heavy (non-hydrogen) atoms. The molecule has 1 amide bonds. The van der Waals surface area contributed by atoms with E-state index < -0.39 is 36.7 Å². The minimum absolute atomic E-state index is 0.244. The average molecular weight is 299 g/mol. The van der Waals surface area contributed by atoms with E-state index in [9.17, 15) is 18.4 Å². The summed E-state index contributed by atoms with van der Waals surface area (Å²) in [4.78, 5) is 23.9. The quantitative estimate of drug-likeness (QED) is 0.831. The van der Waals surface area contributed by atoms with Gasteiger partial charge in [-0.3, -0.25) is 9.59 Å². The van der Waals surface area contributed by atoms with E-state index in [1.165, 1.54) is 4.90 Å². The van der Waals surface area contributed by atoms with Crippen molar-refractivity contribution in [2.24, 2.45) is 5.92 Å². The second kappa shape index (κ2) is 6.51. The van der Waals surface area contributed by atoms with E-state index in [0.29, 0.717) is 18.5 Å². The molecule has 0 spiro atoms. The summed E-state index contributed by atoms with van der Waals surface area (Å²) < 4.78 is 31.1. The van der Waals surface area contributed by atoms with Crippen LogP contribution in [-0.2, 0) is 9.59 Å². The Morgan fingerprint density at radius 2 is 2.05 bits per heavy atom. The summed E-state index contributed by atoms with van der Waals surface area (Å²) in [5.74, 6) is -3.21. The van der Waals surface area contributed by atoms with Crippen LogP contribution < -0.4 is 4.74 Å². The summed E-state index contributed by atoms with van der Waals surface area (Å²) in [6, 6.07) is 2.75. The first-order valence-corrected chi connectivity index (χ1v) is 6.53. The van der Waals surface area contributed by atoms with Crippen LogP contribution in [0.5, 0.6) is 5.75 Å². The SMILES string of the molecule is O=C(O)CN(CC1CC1)C(=O)COc1ccc(F)cc1F. The number of hydrogen-bond donors (Lipinski definition) is 1. The maximum Gasteiger partial charge on any atom is 0.323 e. The zero-order valence-corrected chi connectivity index (χ0v) is 11.2. The molecule has 1 aliphatic carbocycles. The molecule has 1 aromatic carbocycles. The van der Waals surface area contributed by atoms with Crippen LogP contribution in [-0.4, -0.2) is 41.6 Å². The predicted octanol–water partition coefficient (Wildman–Crippen LogP) is 1.67. The van der Waals surface area contributed by atoms with Gasteiger partial charge in [-0.2, -0.15) is 0 Å². The molecular formula is C14H15F2NO4. The largest absolute Gasteiger partial charge is 0.481 e. The van der Waals surface area contributed by atoms with Crippen molar-refractivity contribution >= 4 is 11.9 Å². The lowest BCUT2D eigenvalue weighted by Gasteiger charge is -2.20. The van der Waals surface area contributed by atoms with Crippen molar-refractivity contribution in [2.45, 2.75) is 12.8 Å². The van der Waals surface area contributed by atoms with Crippen LogP contribution in [0.25, 0.3) is 0 Å². The van der Waals surface area contributed by atoms with E-state index in [2.05, 4.69) is 0 Å². The van der Waals surface area contributed by atoms with Gasteiger partial charge >= 0.3 is 5.97 Å². The topological polar surface area (TPSA) is 66.8 Å². The number of hydrogen-bond acceptors (Lipinski definition) is 3. The van der Waals surface area contributed by atoms with Crippen molar-refractivity contribution in [3.63, 3.8) is 0 Å². The molecule has 0 heterocycles. The summed E-state index contributed by atoms with van der Waals surface area (Å²) in [7, 11) is 0. The zero-order chi connectivity index (χ0) is 15.4. The second-order valence-corrected chi connectivity index (χ2v) is 4.97. The van der Waals surface area contributed by atoms with E-state index in [4.69, 9.17) is 9.84 Å². The highest BCUT2D eigenvalue weighted by Crippen LogP contribution is 2.29. The molecule has 0 aliphatic heterocycles. The van der Waals surface area contributed by atoms with Gasteiger partial charge in [0, 0.05) is 12.6 Å². The predicted molar refractivity (Wildman–Crippen MR) is 68.8 cm³/mol. The Bertz CT molecular complexity index is 546. The fourth-order valence-corrected chi connectivity index (χ4v) is 1.85. The van der Waals surface area contributed by atoms with Crippen molar-refractivity contribution in [3.8, 4) is 5.75 Å². The molecule has 1 aromatic rings. The summed E-state index contributed by atoms with van der Waals surface area (Å²) >= 11 is 0. The van der Waals surface area contributed by atoms with Crippen molar-refractivity contribution < 1.29 is 28.2 Å². The van der Waals surface area contributed by atoms with E-state index in [0.717, 1.165) is 25.0 Å². The first-order valence-electron chi connectivity index (χ1n) is 6.53. The number of aliphatic carboxylic acids is 1. The number of benzene rings is 1. The molecule has 1 fully saturated rings. The van der Waals surface area contributed by atoms with Crippen LogP contribution in [0.3, 0.4) is 0 Å². The number of rotatable bonds is 7. The molecule has 7 heteroatoms. The Labute approximate surface area is 120 Å². The first kappa shape index (κ1) is 15.2. The lowest BCUT2D eigenvalue weighted by atomic mass is 10.3. The highest BCUT2D eigenvalue weighted by Gasteiger charge is 2.28. The first-order chi connectivity index (χ1) is 9.95. The fraction of sp³-hybridized carbons (Fsp3) is 0.429. The molecule has 0 unspecified atom stereocenters. The van der Waals surface area contributed by atoms with Gasteiger partial charge in [0.15, 0.2) is 18.2 Å². The monoisotopic (exact) mass is 299 g/mol. The standard InChI is InChI=1S/C14H15F2NO4/c15-10-3-4-12(11(16)5-10)21-8-13(18)17(7-14(19)20)6-9-1-2-9/h3-5,9H,1-2,6-8H2,(H,19,20). The van der Waals surface area contributed by atoms with E-state index in [1.807, 2.05) is 0 Å². The molecule has 0 aromatic heterocycles. The highest BCUT2D eigenvalue weighted by molar-refractivity contribution is 5.82. The van der Waals surface area contributed by atoms with Gasteiger partial charge in [-0.25, -0.2) is 8.78 Å². The number of carboxylic acids is 1. The van der Waals surface area contributed by atoms with Crippen LogP contribution in [0.4, 0.5) is 8.78 Å². The molecule has 0 saturated heterocycles. The number of halogens is 2. The Hall–Kier alpha value is -2.18. The Balaban J connectivity index is 1.92. The number of carbonyl (C=O) groups excluding carboxylic acids is 1. The van der Waals surface area contributed by atoms with Gasteiger partial charge in [0.2, 0.25) is 0 Å². The average Bonchev–Trinajstić information content (AvgIpc) is 3.20. The smallest absolute Gasteiger partial charge is 0.323 e. The number of amides is 1. The minimum Gasteiger partial charge on any atom is -0.481 e. The number of ether oxygens (including phenoxy) is 1. The van der Waals surface area contributed by atoms with Gasteiger partial charge in [-0.1, -0.05) is 0 Å². The van der Waals surface area contributed by atoms with Crippen molar-refractivity contribution in [1.82, 2.24) is 4.90 Å². The fourth-order valence-electron chi connectivity index (χ4n) is 1.85. The Kier molecular flexibility index (Phi) is 4.72. The molecular weight excluding hydrogens is 284 g/mol. The van der Waals surface area contributed by atoms with Crippen LogP contribution in [0.1, 0.15) is 12.8 Å². The van der Waals surface area contributed by atoms with Crippen LogP contribution >= 0.6 is 0 Å². The number of carbonyl (C=O) groups is 2. The molecule has 1 saturated carbocycles. The summed E-state index contributed by atoms with van der Waals surface area (Å²) in [6.07, 6.45) is 1.94. The maximum atomic E-state index is 13.3. The molecule has 0 bridgehead atoms. The maximum absolute atomic E-state index is 13.3. The van der Waals surface area contributed by atoms with E-state index in [1.54, 1.807) is 0 Å². The number of nitrogens with zero attached hydrogens (tertiary/aromatic N) is 1. The third kappa shape index (κ3) is 4.70. The van der Waals surface area contributed by atoms with E-state index in [-0.39, 0.29) is 5.75 Å². The van der Waals surface area contributed by atoms with Gasteiger partial charge in [-0.15, -0.1) is 0 Å². The van der Waals surface area contributed by atoms with Crippen molar-refractivity contribution in [3.05, 3.63) is 29.8 Å². The molecule has 5 nitrogen and oxygen atoms in total.